The molecule has 0 saturated carbocycles. The smallest absolute Gasteiger partial charge is 0.244 e. The summed E-state index contributed by atoms with van der Waals surface area (Å²) < 4.78 is 27.2. The number of hydrogen-bond donors (Lipinski definition) is 1. The molecule has 0 radical (unpaired) electrons. The van der Waals surface area contributed by atoms with Crippen molar-refractivity contribution in [1.82, 2.24) is 4.31 Å². The van der Waals surface area contributed by atoms with Crippen LogP contribution in [0.5, 0.6) is 0 Å². The molecule has 6 heteroatoms. The Morgan fingerprint density at radius 2 is 2.06 bits per heavy atom. The van der Waals surface area contributed by atoms with Gasteiger partial charge in [0.2, 0.25) is 10.0 Å². The number of fused-ring (bicyclic) bond motifs is 1. The van der Waals surface area contributed by atoms with E-state index in [-0.39, 0.29) is 6.61 Å². The Morgan fingerprint density at radius 1 is 1.39 bits per heavy atom. The summed E-state index contributed by atoms with van der Waals surface area (Å²) in [5.41, 5.74) is 0.224. The maximum atomic E-state index is 12.4. The van der Waals surface area contributed by atoms with Crippen molar-refractivity contribution < 1.29 is 13.5 Å². The van der Waals surface area contributed by atoms with Gasteiger partial charge in [0, 0.05) is 17.6 Å². The minimum atomic E-state index is -3.44. The van der Waals surface area contributed by atoms with Gasteiger partial charge in [-0.25, -0.2) is 8.42 Å². The van der Waals surface area contributed by atoms with Gasteiger partial charge in [-0.3, -0.25) is 0 Å². The first-order valence-electron chi connectivity index (χ1n) is 5.75. The Hall–Kier alpha value is -0.430. The van der Waals surface area contributed by atoms with E-state index >= 15 is 0 Å². The molecule has 1 aliphatic heterocycles. The molecular formula is C12H16BrNO3S. The van der Waals surface area contributed by atoms with Crippen LogP contribution in [0.2, 0.25) is 0 Å². The standard InChI is InChI=1S/C12H16BrNO3S/c1-12(2)10-8-9(13)4-5-11(10)18(16,17)14(12)6-3-7-15/h4-5,8,15H,3,6-7H2,1-2H3. The lowest BCUT2D eigenvalue weighted by Crippen LogP contribution is -2.40. The number of aliphatic hydroxyl groups excluding tert-OH is 1. The third kappa shape index (κ3) is 2.01. The third-order valence-corrected chi connectivity index (χ3v) is 5.94. The van der Waals surface area contributed by atoms with Crippen LogP contribution in [0, 0.1) is 0 Å². The van der Waals surface area contributed by atoms with Crippen LogP contribution in [-0.4, -0.2) is 31.0 Å². The van der Waals surface area contributed by atoms with Crippen molar-refractivity contribution in [2.24, 2.45) is 0 Å². The van der Waals surface area contributed by atoms with E-state index in [1.54, 1.807) is 12.1 Å². The molecule has 4 nitrogen and oxygen atoms in total. The number of benzene rings is 1. The Bertz CT molecular complexity index is 569. The summed E-state index contributed by atoms with van der Waals surface area (Å²) >= 11 is 3.37. The van der Waals surface area contributed by atoms with Crippen molar-refractivity contribution >= 4 is 26.0 Å². The van der Waals surface area contributed by atoms with Crippen LogP contribution in [0.1, 0.15) is 25.8 Å². The predicted octanol–water partition coefficient (Wildman–Crippen LogP) is 2.07. The quantitative estimate of drug-likeness (QED) is 0.921. The van der Waals surface area contributed by atoms with E-state index in [0.717, 1.165) is 10.0 Å². The number of sulfonamides is 1. The van der Waals surface area contributed by atoms with Crippen LogP contribution in [0.15, 0.2) is 27.6 Å². The molecule has 1 aromatic rings. The van der Waals surface area contributed by atoms with Gasteiger partial charge in [-0.2, -0.15) is 4.31 Å². The van der Waals surface area contributed by atoms with Crippen molar-refractivity contribution in [2.45, 2.75) is 30.7 Å². The molecule has 0 unspecified atom stereocenters. The summed E-state index contributed by atoms with van der Waals surface area (Å²) in [5.74, 6) is 0. The van der Waals surface area contributed by atoms with Gasteiger partial charge in [0.1, 0.15) is 0 Å². The molecular weight excluding hydrogens is 318 g/mol. The average Bonchev–Trinajstić information content (AvgIpc) is 2.41. The van der Waals surface area contributed by atoms with Crippen LogP contribution in [0.25, 0.3) is 0 Å². The Morgan fingerprint density at radius 3 is 2.67 bits per heavy atom. The van der Waals surface area contributed by atoms with Crippen LogP contribution in [0.3, 0.4) is 0 Å². The van der Waals surface area contributed by atoms with Gasteiger partial charge in [0.25, 0.3) is 0 Å². The fourth-order valence-electron chi connectivity index (χ4n) is 2.37. The van der Waals surface area contributed by atoms with Crippen LogP contribution < -0.4 is 0 Å². The molecule has 1 aliphatic rings. The van der Waals surface area contributed by atoms with E-state index in [1.165, 1.54) is 4.31 Å². The Balaban J connectivity index is 2.56. The van der Waals surface area contributed by atoms with Gasteiger partial charge in [-0.15, -0.1) is 0 Å². The molecule has 0 atom stereocenters. The van der Waals surface area contributed by atoms with Crippen molar-refractivity contribution in [1.29, 1.82) is 0 Å². The first-order valence-corrected chi connectivity index (χ1v) is 7.99. The van der Waals surface area contributed by atoms with Crippen LogP contribution in [-0.2, 0) is 15.6 Å². The molecule has 0 aliphatic carbocycles. The van der Waals surface area contributed by atoms with Crippen molar-refractivity contribution in [3.63, 3.8) is 0 Å². The molecule has 0 amide bonds. The zero-order valence-electron chi connectivity index (χ0n) is 10.4. The molecule has 1 aromatic carbocycles. The lowest BCUT2D eigenvalue weighted by molar-refractivity contribution is 0.212. The number of rotatable bonds is 3. The van der Waals surface area contributed by atoms with Crippen LogP contribution in [0.4, 0.5) is 0 Å². The fourth-order valence-corrected chi connectivity index (χ4v) is 4.87. The largest absolute Gasteiger partial charge is 0.396 e. The minimum Gasteiger partial charge on any atom is -0.396 e. The highest BCUT2D eigenvalue weighted by molar-refractivity contribution is 9.10. The number of aliphatic hydroxyl groups is 1. The summed E-state index contributed by atoms with van der Waals surface area (Å²) in [6, 6.07) is 5.23. The molecule has 1 N–H and O–H groups in total. The molecule has 0 spiro atoms. The van der Waals surface area contributed by atoms with Gasteiger partial charge in [-0.1, -0.05) is 15.9 Å². The summed E-state index contributed by atoms with van der Waals surface area (Å²) in [6.45, 7) is 4.10. The highest BCUT2D eigenvalue weighted by atomic mass is 79.9. The molecule has 0 saturated heterocycles. The fraction of sp³-hybridized carbons (Fsp3) is 0.500. The molecule has 2 rings (SSSR count). The average molecular weight is 334 g/mol. The second-order valence-electron chi connectivity index (χ2n) is 4.85. The first kappa shape index (κ1) is 14.0. The zero-order valence-corrected chi connectivity index (χ0v) is 12.8. The van der Waals surface area contributed by atoms with Gasteiger partial charge in [0.05, 0.1) is 10.4 Å². The lowest BCUT2D eigenvalue weighted by Gasteiger charge is -2.30. The molecule has 0 bridgehead atoms. The normalized spacial score (nSPS) is 20.9. The highest BCUT2D eigenvalue weighted by Crippen LogP contribution is 2.44. The topological polar surface area (TPSA) is 57.6 Å². The molecule has 1 heterocycles. The summed E-state index contributed by atoms with van der Waals surface area (Å²) in [5, 5.41) is 8.90. The van der Waals surface area contributed by atoms with Gasteiger partial charge < -0.3 is 5.11 Å². The molecule has 0 fully saturated rings. The van der Waals surface area contributed by atoms with E-state index in [2.05, 4.69) is 15.9 Å². The predicted molar refractivity (Wildman–Crippen MR) is 72.8 cm³/mol. The summed E-state index contributed by atoms with van der Waals surface area (Å²) in [4.78, 5) is 0.369. The number of halogens is 1. The van der Waals surface area contributed by atoms with E-state index in [4.69, 9.17) is 5.11 Å². The second-order valence-corrected chi connectivity index (χ2v) is 7.60. The third-order valence-electron chi connectivity index (χ3n) is 3.31. The van der Waals surface area contributed by atoms with Gasteiger partial charge >= 0.3 is 0 Å². The van der Waals surface area contributed by atoms with E-state index in [1.807, 2.05) is 19.9 Å². The van der Waals surface area contributed by atoms with Crippen molar-refractivity contribution in [3.05, 3.63) is 28.2 Å². The molecule has 100 valence electrons. The second kappa shape index (κ2) is 4.59. The molecule has 18 heavy (non-hydrogen) atoms. The molecule has 0 aromatic heterocycles. The van der Waals surface area contributed by atoms with E-state index < -0.39 is 15.6 Å². The van der Waals surface area contributed by atoms with Gasteiger partial charge in [0.15, 0.2) is 0 Å². The van der Waals surface area contributed by atoms with E-state index in [0.29, 0.717) is 17.9 Å². The maximum Gasteiger partial charge on any atom is 0.244 e. The lowest BCUT2D eigenvalue weighted by atomic mass is 9.94. The number of nitrogens with zero attached hydrogens (tertiary/aromatic N) is 1. The van der Waals surface area contributed by atoms with Crippen molar-refractivity contribution in [3.8, 4) is 0 Å². The summed E-state index contributed by atoms with van der Waals surface area (Å²) in [7, 11) is -3.44. The van der Waals surface area contributed by atoms with Gasteiger partial charge in [-0.05, 0) is 44.0 Å². The highest BCUT2D eigenvalue weighted by Gasteiger charge is 2.47. The Labute approximate surface area is 116 Å². The maximum absolute atomic E-state index is 12.4. The number of hydrogen-bond acceptors (Lipinski definition) is 3. The SMILES string of the molecule is CC1(C)c2cc(Br)ccc2S(=O)(=O)N1CCCO. The summed E-state index contributed by atoms with van der Waals surface area (Å²) in [6.07, 6.45) is 0.442. The zero-order chi connectivity index (χ0) is 13.6. The first-order chi connectivity index (χ1) is 8.31. The van der Waals surface area contributed by atoms with Crippen molar-refractivity contribution in [2.75, 3.05) is 13.2 Å². The monoisotopic (exact) mass is 333 g/mol. The van der Waals surface area contributed by atoms with E-state index in [9.17, 15) is 8.42 Å². The Kier molecular flexibility index (Phi) is 3.57. The minimum absolute atomic E-state index is 0.0118. The van der Waals surface area contributed by atoms with Crippen LogP contribution >= 0.6 is 15.9 Å².